The highest BCUT2D eigenvalue weighted by Crippen LogP contribution is 2.32. The van der Waals surface area contributed by atoms with Crippen molar-refractivity contribution in [3.05, 3.63) is 122 Å². The minimum Gasteiger partial charge on any atom is -0.507 e. The van der Waals surface area contributed by atoms with E-state index < -0.39 is 28.6 Å². The van der Waals surface area contributed by atoms with Gasteiger partial charge >= 0.3 is 5.97 Å². The van der Waals surface area contributed by atoms with Crippen molar-refractivity contribution >= 4 is 40.2 Å². The summed E-state index contributed by atoms with van der Waals surface area (Å²) in [7, 11) is -1.90. The molecule has 0 spiro atoms. The molecular formula is C40H47ClN2O5S. The van der Waals surface area contributed by atoms with Crippen LogP contribution in [-0.4, -0.2) is 26.3 Å². The first-order valence-electron chi connectivity index (χ1n) is 16.3. The van der Waals surface area contributed by atoms with E-state index in [0.717, 1.165) is 38.4 Å². The van der Waals surface area contributed by atoms with Crippen LogP contribution in [0.3, 0.4) is 0 Å². The number of carboxylic acid groups (broad SMARTS) is 1. The second-order valence-electron chi connectivity index (χ2n) is 14.8. The average molecular weight is 703 g/mol. The lowest BCUT2D eigenvalue weighted by Gasteiger charge is -2.27. The molecule has 0 radical (unpaired) electrons. The molecule has 0 fully saturated rings. The molecule has 1 amide bonds. The number of carbonyl (C=O) groups is 2. The van der Waals surface area contributed by atoms with Gasteiger partial charge in [-0.3, -0.25) is 4.79 Å². The molecule has 4 rings (SSSR count). The maximum Gasteiger partial charge on any atom is 0.339 e. The van der Waals surface area contributed by atoms with E-state index >= 15 is 0 Å². The number of rotatable bonds is 10. The third-order valence-corrected chi connectivity index (χ3v) is 10.4. The van der Waals surface area contributed by atoms with Crippen molar-refractivity contribution in [1.29, 1.82) is 0 Å². The zero-order chi connectivity index (χ0) is 36.4. The number of aromatic hydroxyl groups is 1. The van der Waals surface area contributed by atoms with Crippen LogP contribution < -0.4 is 9.84 Å². The molecule has 0 heterocycles. The molecule has 260 valence electrons. The van der Waals surface area contributed by atoms with Gasteiger partial charge in [0.25, 0.3) is 0 Å². The molecule has 4 aromatic rings. The van der Waals surface area contributed by atoms with E-state index in [9.17, 15) is 24.0 Å². The van der Waals surface area contributed by atoms with Crippen molar-refractivity contribution in [3.63, 3.8) is 0 Å². The Morgan fingerprint density at radius 2 is 1.41 bits per heavy atom. The van der Waals surface area contributed by atoms with Crippen LogP contribution in [0.4, 0.5) is 5.69 Å². The van der Waals surface area contributed by atoms with Gasteiger partial charge in [-0.25, -0.2) is 14.0 Å². The fourth-order valence-electron chi connectivity index (χ4n) is 5.85. The monoisotopic (exact) mass is 702 g/mol. The van der Waals surface area contributed by atoms with Crippen LogP contribution in [0.25, 0.3) is 0 Å². The number of carbonyl (C=O) groups excluding carboxylic acids is 1. The first-order chi connectivity index (χ1) is 22.8. The van der Waals surface area contributed by atoms with Gasteiger partial charge in [0.2, 0.25) is 5.91 Å². The minimum atomic E-state index is -1.90. The first kappa shape index (κ1) is 37.8. The van der Waals surface area contributed by atoms with E-state index in [1.165, 1.54) is 29.3 Å². The topological polar surface area (TPSA) is 107 Å². The van der Waals surface area contributed by atoms with Crippen LogP contribution in [0.15, 0.2) is 71.6 Å². The van der Waals surface area contributed by atoms with Crippen molar-refractivity contribution < 1.29 is 24.0 Å². The second-order valence-corrected chi connectivity index (χ2v) is 16.3. The Balaban J connectivity index is 1.71. The van der Waals surface area contributed by atoms with Crippen LogP contribution in [0.1, 0.15) is 103 Å². The van der Waals surface area contributed by atoms with Gasteiger partial charge in [0.1, 0.15) is 22.3 Å². The number of hydrazine groups is 1. The summed E-state index contributed by atoms with van der Waals surface area (Å²) < 4.78 is 14.2. The Morgan fingerprint density at radius 1 is 0.816 bits per heavy atom. The van der Waals surface area contributed by atoms with E-state index in [2.05, 4.69) is 64.6 Å². The van der Waals surface area contributed by atoms with Crippen LogP contribution in [0.5, 0.6) is 5.75 Å². The van der Waals surface area contributed by atoms with Crippen molar-refractivity contribution in [1.82, 2.24) is 4.83 Å². The molecule has 0 saturated carbocycles. The summed E-state index contributed by atoms with van der Waals surface area (Å²) in [5.41, 5.74) is 7.80. The molecule has 0 bridgehead atoms. The number of nitrogens with one attached hydrogen (secondary N) is 1. The molecular weight excluding hydrogens is 656 g/mol. The van der Waals surface area contributed by atoms with E-state index in [0.29, 0.717) is 22.8 Å². The van der Waals surface area contributed by atoms with Gasteiger partial charge in [-0.15, -0.1) is 4.83 Å². The summed E-state index contributed by atoms with van der Waals surface area (Å²) in [5.74, 6) is -2.19. The molecule has 0 aliphatic heterocycles. The maximum atomic E-state index is 14.2. The third-order valence-electron chi connectivity index (χ3n) is 8.79. The summed E-state index contributed by atoms with van der Waals surface area (Å²) in [4.78, 5) is 29.1. The number of hydrogen-bond donors (Lipinski definition) is 3. The highest BCUT2D eigenvalue weighted by Gasteiger charge is 2.25. The predicted octanol–water partition coefficient (Wildman–Crippen LogP) is 9.05. The fourth-order valence-corrected chi connectivity index (χ4v) is 7.19. The van der Waals surface area contributed by atoms with Crippen molar-refractivity contribution in [2.75, 3.05) is 5.01 Å². The Morgan fingerprint density at radius 3 is 1.94 bits per heavy atom. The fraction of sp³-hybridized carbons (Fsp3) is 0.350. The van der Waals surface area contributed by atoms with E-state index in [4.69, 9.17) is 11.6 Å². The van der Waals surface area contributed by atoms with Crippen LogP contribution in [0, 0.1) is 20.8 Å². The second kappa shape index (κ2) is 14.9. The molecule has 4 aromatic carbocycles. The van der Waals surface area contributed by atoms with Crippen LogP contribution in [-0.2, 0) is 39.5 Å². The molecule has 3 N–H and O–H groups in total. The predicted molar refractivity (Wildman–Crippen MR) is 199 cm³/mol. The van der Waals surface area contributed by atoms with Crippen LogP contribution in [0.2, 0.25) is 5.02 Å². The molecule has 0 aliphatic carbocycles. The molecule has 1 atom stereocenters. The molecule has 0 saturated heterocycles. The smallest absolute Gasteiger partial charge is 0.339 e. The van der Waals surface area contributed by atoms with Gasteiger partial charge < -0.3 is 10.2 Å². The normalized spacial score (nSPS) is 12.5. The summed E-state index contributed by atoms with van der Waals surface area (Å²) in [6.45, 7) is 18.8. The summed E-state index contributed by atoms with van der Waals surface area (Å²) >= 11 is 6.10. The number of aryl methyl sites for hydroxylation is 3. The highest BCUT2D eigenvalue weighted by molar-refractivity contribution is 7.83. The van der Waals surface area contributed by atoms with Gasteiger partial charge in [0.15, 0.2) is 0 Å². The number of benzene rings is 4. The summed E-state index contributed by atoms with van der Waals surface area (Å²) in [6.07, 6.45) is 1.09. The number of nitrogens with zero attached hydrogens (tertiary/aromatic N) is 1. The molecule has 49 heavy (non-hydrogen) atoms. The maximum absolute atomic E-state index is 14.2. The van der Waals surface area contributed by atoms with Gasteiger partial charge in [-0.05, 0) is 113 Å². The van der Waals surface area contributed by atoms with Gasteiger partial charge in [-0.2, -0.15) is 0 Å². The van der Waals surface area contributed by atoms with Crippen molar-refractivity contribution in [2.45, 2.75) is 97.3 Å². The highest BCUT2D eigenvalue weighted by atomic mass is 35.5. The minimum absolute atomic E-state index is 0.0660. The van der Waals surface area contributed by atoms with E-state index in [1.807, 2.05) is 51.1 Å². The molecule has 0 aliphatic rings. The number of aromatic carboxylic acids is 1. The summed E-state index contributed by atoms with van der Waals surface area (Å²) in [5, 5.41) is 21.8. The van der Waals surface area contributed by atoms with Crippen LogP contribution >= 0.6 is 11.6 Å². The number of hydrogen-bond acceptors (Lipinski definition) is 4. The quantitative estimate of drug-likeness (QED) is 0.143. The average Bonchev–Trinajstić information content (AvgIpc) is 3.00. The van der Waals surface area contributed by atoms with Gasteiger partial charge in [0.05, 0.1) is 10.6 Å². The Bertz CT molecular complexity index is 1870. The van der Waals surface area contributed by atoms with E-state index in [-0.39, 0.29) is 28.5 Å². The van der Waals surface area contributed by atoms with Crippen molar-refractivity contribution in [3.8, 4) is 5.75 Å². The standard InChI is InChI=1S/C40H47ClN2O5S/c1-24-18-25(2)37(26(3)34(24)21-27-10-13-31(41)14-11-27)49(48)42-43(32-15-16-33(38(46)47)35(44)23-32)36(45)17-12-28-19-29(39(4,5)6)22-30(20-28)40(7,8)9/h10-11,13-16,18-20,22-23,42,44H,12,17,21H2,1-9H3,(H,46,47). The lowest BCUT2D eigenvalue weighted by atomic mass is 9.79. The van der Waals surface area contributed by atoms with Gasteiger partial charge in [0, 0.05) is 17.5 Å². The molecule has 7 nitrogen and oxygen atoms in total. The first-order valence-corrected chi connectivity index (χ1v) is 17.9. The number of amides is 1. The largest absolute Gasteiger partial charge is 0.507 e. The SMILES string of the molecule is Cc1cc(C)c(S(=O)NN(C(=O)CCc2cc(C(C)(C)C)cc(C(C)(C)C)c2)c2ccc(C(=O)O)c(O)c2)c(C)c1Cc1ccc(Cl)cc1. The van der Waals surface area contributed by atoms with Gasteiger partial charge in [-0.1, -0.05) is 89.5 Å². The number of anilines is 1. The number of carboxylic acids is 1. The summed E-state index contributed by atoms with van der Waals surface area (Å²) in [6, 6.07) is 19.9. The zero-order valence-corrected chi connectivity index (χ0v) is 31.4. The third kappa shape index (κ3) is 9.18. The lowest BCUT2D eigenvalue weighted by molar-refractivity contribution is -0.118. The van der Waals surface area contributed by atoms with E-state index in [1.54, 1.807) is 0 Å². The lowest BCUT2D eigenvalue weighted by Crippen LogP contribution is -2.44. The number of phenols is 1. The van der Waals surface area contributed by atoms with Crippen molar-refractivity contribution in [2.24, 2.45) is 0 Å². The Hall–Kier alpha value is -3.98. The molecule has 1 unspecified atom stereocenters. The molecule has 0 aromatic heterocycles. The molecule has 9 heteroatoms. The number of halogens is 1. The Labute approximate surface area is 297 Å². The zero-order valence-electron chi connectivity index (χ0n) is 29.8. The Kier molecular flexibility index (Phi) is 11.5.